The third-order valence-corrected chi connectivity index (χ3v) is 2.39. The van der Waals surface area contributed by atoms with Crippen LogP contribution in [0.25, 0.3) is 0 Å². The monoisotopic (exact) mass is 270 g/mol. The minimum absolute atomic E-state index is 0.170. The Morgan fingerprint density at radius 3 is 2.39 bits per heavy atom. The normalized spacial score (nSPS) is 13.4. The van der Waals surface area contributed by atoms with E-state index >= 15 is 0 Å². The molecule has 7 heteroatoms. The van der Waals surface area contributed by atoms with Gasteiger partial charge in [-0.05, 0) is 26.3 Å². The van der Waals surface area contributed by atoms with Crippen molar-refractivity contribution in [2.75, 3.05) is 19.7 Å². The van der Waals surface area contributed by atoms with Crippen LogP contribution in [-0.2, 0) is 4.79 Å². The van der Waals surface area contributed by atoms with Gasteiger partial charge in [-0.3, -0.25) is 4.79 Å². The second-order valence-electron chi connectivity index (χ2n) is 4.15. The van der Waals surface area contributed by atoms with Crippen molar-refractivity contribution in [3.63, 3.8) is 0 Å². The zero-order valence-electron chi connectivity index (χ0n) is 10.5. The number of aliphatic hydroxyl groups is 1. The minimum atomic E-state index is -4.38. The van der Waals surface area contributed by atoms with E-state index in [2.05, 4.69) is 5.32 Å². The van der Waals surface area contributed by atoms with Crippen LogP contribution in [0.5, 0.6) is 0 Å². The molecule has 0 aromatic heterocycles. The standard InChI is InChI=1S/C11H21F3N2O2/c1-9(10(18)16-8-11(12,13)14)15-6-4-2-3-5-7-17/h9,15,17H,2-8H2,1H3,(H,16,18). The number of unbranched alkanes of at least 4 members (excludes halogenated alkanes) is 3. The Bertz CT molecular complexity index is 235. The molecule has 0 saturated heterocycles. The van der Waals surface area contributed by atoms with Gasteiger partial charge in [0.1, 0.15) is 6.54 Å². The number of nitrogens with one attached hydrogen (secondary N) is 2. The van der Waals surface area contributed by atoms with E-state index in [4.69, 9.17) is 5.11 Å². The van der Waals surface area contributed by atoms with Crippen molar-refractivity contribution in [1.29, 1.82) is 0 Å². The largest absolute Gasteiger partial charge is 0.405 e. The summed E-state index contributed by atoms with van der Waals surface area (Å²) in [5.41, 5.74) is 0. The summed E-state index contributed by atoms with van der Waals surface area (Å²) in [4.78, 5) is 11.2. The summed E-state index contributed by atoms with van der Waals surface area (Å²) in [5.74, 6) is -0.650. The van der Waals surface area contributed by atoms with E-state index in [0.29, 0.717) is 6.54 Å². The zero-order valence-corrected chi connectivity index (χ0v) is 10.5. The maximum absolute atomic E-state index is 11.8. The second kappa shape index (κ2) is 9.16. The Morgan fingerprint density at radius 1 is 1.22 bits per heavy atom. The van der Waals surface area contributed by atoms with Crippen molar-refractivity contribution in [3.05, 3.63) is 0 Å². The third kappa shape index (κ3) is 10.3. The molecule has 0 heterocycles. The van der Waals surface area contributed by atoms with Gasteiger partial charge >= 0.3 is 6.18 Å². The minimum Gasteiger partial charge on any atom is -0.396 e. The highest BCUT2D eigenvalue weighted by Crippen LogP contribution is 2.12. The van der Waals surface area contributed by atoms with Crippen molar-refractivity contribution in [2.24, 2.45) is 0 Å². The molecule has 0 aromatic rings. The predicted octanol–water partition coefficient (Wildman–Crippen LogP) is 1.20. The average molecular weight is 270 g/mol. The van der Waals surface area contributed by atoms with E-state index < -0.39 is 24.7 Å². The Hall–Kier alpha value is -0.820. The predicted molar refractivity (Wildman–Crippen MR) is 62.1 cm³/mol. The summed E-state index contributed by atoms with van der Waals surface area (Å²) < 4.78 is 35.5. The number of aliphatic hydroxyl groups excluding tert-OH is 1. The molecule has 3 N–H and O–H groups in total. The molecule has 0 radical (unpaired) electrons. The second-order valence-corrected chi connectivity index (χ2v) is 4.15. The van der Waals surface area contributed by atoms with Gasteiger partial charge in [0.05, 0.1) is 6.04 Å². The lowest BCUT2D eigenvalue weighted by Crippen LogP contribution is -2.45. The van der Waals surface area contributed by atoms with Crippen molar-refractivity contribution < 1.29 is 23.1 Å². The summed E-state index contributed by atoms with van der Waals surface area (Å²) in [6, 6.07) is -0.634. The van der Waals surface area contributed by atoms with E-state index in [1.165, 1.54) is 6.92 Å². The number of carbonyl (C=O) groups is 1. The molecule has 1 amide bonds. The fourth-order valence-corrected chi connectivity index (χ4v) is 1.34. The lowest BCUT2D eigenvalue weighted by molar-refractivity contribution is -0.139. The Labute approximate surface area is 105 Å². The molecule has 0 aliphatic rings. The number of amides is 1. The number of hydrogen-bond donors (Lipinski definition) is 3. The Morgan fingerprint density at radius 2 is 1.83 bits per heavy atom. The Balaban J connectivity index is 3.56. The van der Waals surface area contributed by atoms with Crippen molar-refractivity contribution in [2.45, 2.75) is 44.8 Å². The highest BCUT2D eigenvalue weighted by Gasteiger charge is 2.28. The quantitative estimate of drug-likeness (QED) is 0.552. The number of rotatable bonds is 9. The van der Waals surface area contributed by atoms with Gasteiger partial charge < -0.3 is 15.7 Å². The fraction of sp³-hybridized carbons (Fsp3) is 0.909. The van der Waals surface area contributed by atoms with Crippen molar-refractivity contribution >= 4 is 5.91 Å². The van der Waals surface area contributed by atoms with Gasteiger partial charge in [-0.2, -0.15) is 13.2 Å². The van der Waals surface area contributed by atoms with Gasteiger partial charge in [0.15, 0.2) is 0 Å². The molecule has 1 unspecified atom stereocenters. The molecular weight excluding hydrogens is 249 g/mol. The van der Waals surface area contributed by atoms with Gasteiger partial charge in [0.25, 0.3) is 0 Å². The van der Waals surface area contributed by atoms with E-state index in [1.54, 1.807) is 0 Å². The van der Waals surface area contributed by atoms with Crippen LogP contribution in [0.15, 0.2) is 0 Å². The van der Waals surface area contributed by atoms with Crippen LogP contribution < -0.4 is 10.6 Å². The first-order chi connectivity index (χ1) is 8.37. The Kier molecular flexibility index (Phi) is 8.74. The molecule has 0 aliphatic heterocycles. The molecule has 0 aromatic carbocycles. The summed E-state index contributed by atoms with van der Waals surface area (Å²) in [6.07, 6.45) is -0.963. The topological polar surface area (TPSA) is 61.4 Å². The molecule has 4 nitrogen and oxygen atoms in total. The maximum atomic E-state index is 11.8. The third-order valence-electron chi connectivity index (χ3n) is 2.39. The van der Waals surface area contributed by atoms with Gasteiger partial charge in [0, 0.05) is 6.61 Å². The van der Waals surface area contributed by atoms with Crippen LogP contribution >= 0.6 is 0 Å². The van der Waals surface area contributed by atoms with Crippen LogP contribution in [0.3, 0.4) is 0 Å². The highest BCUT2D eigenvalue weighted by atomic mass is 19.4. The SMILES string of the molecule is CC(NCCCCCCO)C(=O)NCC(F)(F)F. The van der Waals surface area contributed by atoms with Crippen LogP contribution in [0, 0.1) is 0 Å². The zero-order chi connectivity index (χ0) is 14.0. The highest BCUT2D eigenvalue weighted by molar-refractivity contribution is 5.81. The maximum Gasteiger partial charge on any atom is 0.405 e. The van der Waals surface area contributed by atoms with Crippen LogP contribution in [0.2, 0.25) is 0 Å². The summed E-state index contributed by atoms with van der Waals surface area (Å²) in [5, 5.41) is 13.2. The molecule has 108 valence electrons. The first-order valence-electron chi connectivity index (χ1n) is 6.05. The first-order valence-corrected chi connectivity index (χ1v) is 6.05. The fourth-order valence-electron chi connectivity index (χ4n) is 1.34. The van der Waals surface area contributed by atoms with E-state index in [1.807, 2.05) is 5.32 Å². The molecule has 18 heavy (non-hydrogen) atoms. The molecule has 0 bridgehead atoms. The first kappa shape index (κ1) is 17.2. The molecule has 0 fully saturated rings. The molecule has 0 rings (SSSR count). The number of halogens is 3. The van der Waals surface area contributed by atoms with Crippen LogP contribution in [-0.4, -0.2) is 42.9 Å². The smallest absolute Gasteiger partial charge is 0.396 e. The lowest BCUT2D eigenvalue weighted by Gasteiger charge is -2.15. The molecule has 0 saturated carbocycles. The summed E-state index contributed by atoms with van der Waals surface area (Å²) in [6.45, 7) is 0.976. The molecule has 1 atom stereocenters. The van der Waals surface area contributed by atoms with Gasteiger partial charge in [0.2, 0.25) is 5.91 Å². The van der Waals surface area contributed by atoms with Crippen molar-refractivity contribution in [1.82, 2.24) is 10.6 Å². The van der Waals surface area contributed by atoms with Gasteiger partial charge in [-0.25, -0.2) is 0 Å². The molecule has 0 spiro atoms. The number of alkyl halides is 3. The number of hydrogen-bond acceptors (Lipinski definition) is 3. The summed E-state index contributed by atoms with van der Waals surface area (Å²) >= 11 is 0. The molecule has 0 aliphatic carbocycles. The van der Waals surface area contributed by atoms with E-state index in [0.717, 1.165) is 25.7 Å². The van der Waals surface area contributed by atoms with E-state index in [9.17, 15) is 18.0 Å². The van der Waals surface area contributed by atoms with Gasteiger partial charge in [-0.1, -0.05) is 12.8 Å². The van der Waals surface area contributed by atoms with Crippen LogP contribution in [0.4, 0.5) is 13.2 Å². The molecular formula is C11H21F3N2O2. The van der Waals surface area contributed by atoms with Gasteiger partial charge in [-0.15, -0.1) is 0 Å². The average Bonchev–Trinajstić information content (AvgIpc) is 2.29. The number of carbonyl (C=O) groups excluding carboxylic acids is 1. The lowest BCUT2D eigenvalue weighted by atomic mass is 10.2. The van der Waals surface area contributed by atoms with Crippen molar-refractivity contribution in [3.8, 4) is 0 Å². The van der Waals surface area contributed by atoms with Crippen LogP contribution in [0.1, 0.15) is 32.6 Å². The van der Waals surface area contributed by atoms with E-state index in [-0.39, 0.29) is 6.61 Å². The summed E-state index contributed by atoms with van der Waals surface area (Å²) in [7, 11) is 0.